The van der Waals surface area contributed by atoms with Crippen LogP contribution < -0.4 is 5.32 Å². The molecule has 0 aliphatic heterocycles. The van der Waals surface area contributed by atoms with Crippen molar-refractivity contribution in [2.75, 3.05) is 5.32 Å². The van der Waals surface area contributed by atoms with Crippen LogP contribution in [0, 0.1) is 18.3 Å². The Bertz CT molecular complexity index is 566. The second kappa shape index (κ2) is 4.61. The average molecular weight is 228 g/mol. The molecule has 0 bridgehead atoms. The summed E-state index contributed by atoms with van der Waals surface area (Å²) >= 11 is 0. The second-order valence-electron chi connectivity index (χ2n) is 3.61. The van der Waals surface area contributed by atoms with Crippen molar-refractivity contribution in [1.29, 1.82) is 5.26 Å². The van der Waals surface area contributed by atoms with Crippen LogP contribution in [-0.2, 0) is 13.6 Å². The largest absolute Gasteiger partial charge is 0.350 e. The summed E-state index contributed by atoms with van der Waals surface area (Å²) in [6.45, 7) is 2.59. The first-order chi connectivity index (χ1) is 8.20. The molecule has 2 aromatic rings. The molecule has 2 rings (SSSR count). The van der Waals surface area contributed by atoms with E-state index in [9.17, 15) is 0 Å². The Morgan fingerprint density at radius 2 is 2.35 bits per heavy atom. The van der Waals surface area contributed by atoms with Gasteiger partial charge in [0.25, 0.3) is 0 Å². The SMILES string of the molecule is Cc1c(CNc2nccc(C#N)n2)cnn1C. The minimum atomic E-state index is 0.352. The third-order valence-corrected chi connectivity index (χ3v) is 2.54. The lowest BCUT2D eigenvalue weighted by Gasteiger charge is -2.04. The number of nitrogens with zero attached hydrogens (tertiary/aromatic N) is 5. The van der Waals surface area contributed by atoms with Gasteiger partial charge in [-0.15, -0.1) is 0 Å². The van der Waals surface area contributed by atoms with Crippen LogP contribution in [0.3, 0.4) is 0 Å². The average Bonchev–Trinajstić information content (AvgIpc) is 2.68. The first kappa shape index (κ1) is 11.1. The Labute approximate surface area is 98.9 Å². The number of aryl methyl sites for hydroxylation is 1. The van der Waals surface area contributed by atoms with Gasteiger partial charge in [-0.05, 0) is 13.0 Å². The van der Waals surface area contributed by atoms with Crippen molar-refractivity contribution in [3.63, 3.8) is 0 Å². The molecule has 0 aliphatic carbocycles. The van der Waals surface area contributed by atoms with E-state index in [2.05, 4.69) is 20.4 Å². The van der Waals surface area contributed by atoms with Gasteiger partial charge >= 0.3 is 0 Å². The molecular formula is C11H12N6. The molecule has 0 atom stereocenters. The van der Waals surface area contributed by atoms with E-state index >= 15 is 0 Å². The first-order valence-electron chi connectivity index (χ1n) is 5.15. The molecule has 86 valence electrons. The number of hydrogen-bond donors (Lipinski definition) is 1. The summed E-state index contributed by atoms with van der Waals surface area (Å²) in [6, 6.07) is 3.54. The molecule has 0 aromatic carbocycles. The minimum absolute atomic E-state index is 0.352. The molecule has 0 radical (unpaired) electrons. The Kier molecular flexibility index (Phi) is 3.01. The lowest BCUT2D eigenvalue weighted by Crippen LogP contribution is -2.05. The van der Waals surface area contributed by atoms with E-state index < -0.39 is 0 Å². The van der Waals surface area contributed by atoms with Crippen molar-refractivity contribution in [3.8, 4) is 6.07 Å². The quantitative estimate of drug-likeness (QED) is 0.847. The maximum absolute atomic E-state index is 8.71. The van der Waals surface area contributed by atoms with Crippen LogP contribution in [0.25, 0.3) is 0 Å². The van der Waals surface area contributed by atoms with Crippen LogP contribution in [0.5, 0.6) is 0 Å². The molecule has 6 nitrogen and oxygen atoms in total. The monoisotopic (exact) mass is 228 g/mol. The fraction of sp³-hybridized carbons (Fsp3) is 0.273. The molecule has 1 N–H and O–H groups in total. The van der Waals surface area contributed by atoms with Crippen molar-refractivity contribution in [1.82, 2.24) is 19.7 Å². The van der Waals surface area contributed by atoms with Gasteiger partial charge in [0.15, 0.2) is 0 Å². The maximum Gasteiger partial charge on any atom is 0.224 e. The van der Waals surface area contributed by atoms with Crippen LogP contribution in [0.15, 0.2) is 18.5 Å². The molecule has 0 saturated carbocycles. The maximum atomic E-state index is 8.71. The van der Waals surface area contributed by atoms with Crippen LogP contribution in [0.1, 0.15) is 17.0 Å². The highest BCUT2D eigenvalue weighted by Gasteiger charge is 2.04. The highest BCUT2D eigenvalue weighted by molar-refractivity contribution is 5.31. The highest BCUT2D eigenvalue weighted by Crippen LogP contribution is 2.08. The Hall–Kier alpha value is -2.42. The number of nitriles is 1. The molecule has 2 heterocycles. The molecule has 0 aliphatic rings. The molecule has 6 heteroatoms. The number of anilines is 1. The normalized spacial score (nSPS) is 9.94. The predicted octanol–water partition coefficient (Wildman–Crippen LogP) is 1.00. The summed E-state index contributed by atoms with van der Waals surface area (Å²) < 4.78 is 1.81. The molecule has 0 saturated heterocycles. The van der Waals surface area contributed by atoms with Gasteiger partial charge < -0.3 is 5.32 Å². The summed E-state index contributed by atoms with van der Waals surface area (Å²) in [5.74, 6) is 0.451. The van der Waals surface area contributed by atoms with E-state index in [1.54, 1.807) is 18.5 Å². The van der Waals surface area contributed by atoms with Crippen molar-refractivity contribution in [2.24, 2.45) is 7.05 Å². The van der Waals surface area contributed by atoms with Gasteiger partial charge in [-0.25, -0.2) is 9.97 Å². The third kappa shape index (κ3) is 2.39. The molecule has 0 unspecified atom stereocenters. The third-order valence-electron chi connectivity index (χ3n) is 2.54. The smallest absolute Gasteiger partial charge is 0.224 e. The van der Waals surface area contributed by atoms with E-state index in [0.717, 1.165) is 11.3 Å². The summed E-state index contributed by atoms with van der Waals surface area (Å²) in [5.41, 5.74) is 2.53. The van der Waals surface area contributed by atoms with E-state index in [0.29, 0.717) is 18.2 Å². The number of hydrogen-bond acceptors (Lipinski definition) is 5. The van der Waals surface area contributed by atoms with Gasteiger partial charge in [0, 0.05) is 31.0 Å². The van der Waals surface area contributed by atoms with Gasteiger partial charge in [0.05, 0.1) is 6.20 Å². The van der Waals surface area contributed by atoms with Gasteiger partial charge in [-0.1, -0.05) is 0 Å². The number of nitrogens with one attached hydrogen (secondary N) is 1. The van der Waals surface area contributed by atoms with Crippen molar-refractivity contribution in [3.05, 3.63) is 35.4 Å². The number of rotatable bonds is 3. The van der Waals surface area contributed by atoms with Crippen LogP contribution in [0.2, 0.25) is 0 Å². The zero-order valence-electron chi connectivity index (χ0n) is 9.68. The van der Waals surface area contributed by atoms with Crippen LogP contribution in [-0.4, -0.2) is 19.7 Å². The Balaban J connectivity index is 2.07. The standard InChI is InChI=1S/C11H12N6/c1-8-9(7-15-17(8)2)6-14-11-13-4-3-10(5-12)16-11/h3-4,7H,6H2,1-2H3,(H,13,14,16). The highest BCUT2D eigenvalue weighted by atomic mass is 15.3. The van der Waals surface area contributed by atoms with Gasteiger partial charge in [-0.2, -0.15) is 10.4 Å². The molecule has 0 spiro atoms. The molecule has 17 heavy (non-hydrogen) atoms. The van der Waals surface area contributed by atoms with E-state index in [1.165, 1.54) is 0 Å². The van der Waals surface area contributed by atoms with Crippen molar-refractivity contribution < 1.29 is 0 Å². The molecule has 0 amide bonds. The fourth-order valence-corrected chi connectivity index (χ4v) is 1.40. The molecule has 0 fully saturated rings. The van der Waals surface area contributed by atoms with E-state index in [1.807, 2.05) is 24.7 Å². The molecule has 2 aromatic heterocycles. The zero-order valence-corrected chi connectivity index (χ0v) is 9.68. The lowest BCUT2D eigenvalue weighted by atomic mass is 10.2. The summed E-state index contributed by atoms with van der Waals surface area (Å²) in [5, 5.41) is 15.9. The number of aromatic nitrogens is 4. The van der Waals surface area contributed by atoms with E-state index in [-0.39, 0.29) is 0 Å². The van der Waals surface area contributed by atoms with Gasteiger partial charge in [0.1, 0.15) is 11.8 Å². The predicted molar refractivity (Wildman–Crippen MR) is 62.0 cm³/mol. The van der Waals surface area contributed by atoms with Crippen molar-refractivity contribution in [2.45, 2.75) is 13.5 Å². The Morgan fingerprint density at radius 3 is 3.00 bits per heavy atom. The Morgan fingerprint density at radius 1 is 1.53 bits per heavy atom. The summed E-state index contributed by atoms with van der Waals surface area (Å²) in [6.07, 6.45) is 3.36. The first-order valence-corrected chi connectivity index (χ1v) is 5.15. The van der Waals surface area contributed by atoms with Crippen LogP contribution in [0.4, 0.5) is 5.95 Å². The van der Waals surface area contributed by atoms with Crippen molar-refractivity contribution >= 4 is 5.95 Å². The van der Waals surface area contributed by atoms with Gasteiger partial charge in [-0.3, -0.25) is 4.68 Å². The van der Waals surface area contributed by atoms with E-state index in [4.69, 9.17) is 5.26 Å². The lowest BCUT2D eigenvalue weighted by molar-refractivity contribution is 0.738. The fourth-order valence-electron chi connectivity index (χ4n) is 1.40. The van der Waals surface area contributed by atoms with Gasteiger partial charge in [0.2, 0.25) is 5.95 Å². The summed E-state index contributed by atoms with van der Waals surface area (Å²) in [7, 11) is 1.89. The summed E-state index contributed by atoms with van der Waals surface area (Å²) in [4.78, 5) is 8.07. The topological polar surface area (TPSA) is 79.4 Å². The molecular weight excluding hydrogens is 216 g/mol. The minimum Gasteiger partial charge on any atom is -0.350 e. The van der Waals surface area contributed by atoms with Crippen LogP contribution >= 0.6 is 0 Å². The zero-order chi connectivity index (χ0) is 12.3. The second-order valence-corrected chi connectivity index (χ2v) is 3.61.